The summed E-state index contributed by atoms with van der Waals surface area (Å²) in [6.07, 6.45) is 1.26. The first kappa shape index (κ1) is 15.5. The van der Waals surface area contributed by atoms with Crippen LogP contribution in [-0.2, 0) is 0 Å². The van der Waals surface area contributed by atoms with E-state index < -0.39 is 5.60 Å². The molecule has 0 heterocycles. The van der Waals surface area contributed by atoms with Crippen LogP contribution in [-0.4, -0.2) is 37.3 Å². The molecule has 0 aliphatic rings. The number of amides is 1. The van der Waals surface area contributed by atoms with Crippen LogP contribution in [0.1, 0.15) is 37.0 Å². The van der Waals surface area contributed by atoms with Gasteiger partial charge in [-0.25, -0.2) is 0 Å². The van der Waals surface area contributed by atoms with E-state index in [1.54, 1.807) is 12.1 Å². The van der Waals surface area contributed by atoms with Crippen LogP contribution in [0.15, 0.2) is 24.3 Å². The summed E-state index contributed by atoms with van der Waals surface area (Å²) < 4.78 is 0. The molecule has 1 aromatic carbocycles. The predicted octanol–water partition coefficient (Wildman–Crippen LogP) is 2.03. The van der Waals surface area contributed by atoms with E-state index in [9.17, 15) is 9.90 Å². The Morgan fingerprint density at radius 2 is 1.74 bits per heavy atom. The number of carbonyl (C=O) groups is 1. The fourth-order valence-electron chi connectivity index (χ4n) is 1.76. The highest BCUT2D eigenvalue weighted by Crippen LogP contribution is 2.14. The lowest BCUT2D eigenvalue weighted by molar-refractivity contribution is 0.0314. The van der Waals surface area contributed by atoms with Crippen LogP contribution in [0.2, 0.25) is 0 Å². The van der Waals surface area contributed by atoms with E-state index >= 15 is 0 Å². The fraction of sp³-hybridized carbons (Fsp3) is 0.533. The Morgan fingerprint density at radius 1 is 1.21 bits per heavy atom. The lowest BCUT2D eigenvalue weighted by Crippen LogP contribution is -2.42. The SMILES string of the molecule is CCC(O)(CC)CNC(=O)c1ccc(N(C)C)cc1. The van der Waals surface area contributed by atoms with Crippen molar-refractivity contribution in [1.29, 1.82) is 0 Å². The Morgan fingerprint density at radius 3 is 2.16 bits per heavy atom. The first-order valence-corrected chi connectivity index (χ1v) is 6.70. The second-order valence-electron chi connectivity index (χ2n) is 5.06. The van der Waals surface area contributed by atoms with Crippen molar-refractivity contribution in [2.45, 2.75) is 32.3 Å². The monoisotopic (exact) mass is 264 g/mol. The maximum atomic E-state index is 12.0. The third kappa shape index (κ3) is 4.24. The van der Waals surface area contributed by atoms with Crippen LogP contribution in [0.3, 0.4) is 0 Å². The molecule has 0 spiro atoms. The quantitative estimate of drug-likeness (QED) is 0.826. The molecule has 1 amide bonds. The van der Waals surface area contributed by atoms with Crippen molar-refractivity contribution in [2.75, 3.05) is 25.5 Å². The number of hydrogen-bond donors (Lipinski definition) is 2. The highest BCUT2D eigenvalue weighted by Gasteiger charge is 2.22. The van der Waals surface area contributed by atoms with Gasteiger partial charge in [0.25, 0.3) is 5.91 Å². The molecule has 1 rings (SSSR count). The van der Waals surface area contributed by atoms with E-state index in [1.165, 1.54) is 0 Å². The van der Waals surface area contributed by atoms with Crippen molar-refractivity contribution < 1.29 is 9.90 Å². The van der Waals surface area contributed by atoms with Gasteiger partial charge >= 0.3 is 0 Å². The number of aliphatic hydroxyl groups is 1. The average molecular weight is 264 g/mol. The van der Waals surface area contributed by atoms with Crippen LogP contribution in [0.5, 0.6) is 0 Å². The molecule has 0 aliphatic carbocycles. The van der Waals surface area contributed by atoms with Crippen molar-refractivity contribution in [3.05, 3.63) is 29.8 Å². The molecule has 0 saturated carbocycles. The Bertz CT molecular complexity index is 409. The average Bonchev–Trinajstić information content (AvgIpc) is 2.44. The summed E-state index contributed by atoms with van der Waals surface area (Å²) in [7, 11) is 3.91. The van der Waals surface area contributed by atoms with E-state index in [4.69, 9.17) is 0 Å². The normalized spacial score (nSPS) is 11.2. The van der Waals surface area contributed by atoms with Gasteiger partial charge in [-0.1, -0.05) is 13.8 Å². The van der Waals surface area contributed by atoms with E-state index in [0.717, 1.165) is 5.69 Å². The molecule has 2 N–H and O–H groups in total. The minimum absolute atomic E-state index is 0.148. The van der Waals surface area contributed by atoms with Gasteiger partial charge in [-0.15, -0.1) is 0 Å². The zero-order chi connectivity index (χ0) is 14.5. The van der Waals surface area contributed by atoms with Gasteiger partial charge in [0.2, 0.25) is 0 Å². The zero-order valence-electron chi connectivity index (χ0n) is 12.2. The molecule has 0 unspecified atom stereocenters. The Balaban J connectivity index is 2.63. The molecule has 0 bridgehead atoms. The number of rotatable bonds is 6. The molecule has 0 atom stereocenters. The lowest BCUT2D eigenvalue weighted by atomic mass is 9.97. The number of hydrogen-bond acceptors (Lipinski definition) is 3. The van der Waals surface area contributed by atoms with Crippen molar-refractivity contribution in [3.63, 3.8) is 0 Å². The Hall–Kier alpha value is -1.55. The summed E-state index contributed by atoms with van der Waals surface area (Å²) in [5, 5.41) is 12.9. The summed E-state index contributed by atoms with van der Waals surface area (Å²) in [4.78, 5) is 13.9. The molecular formula is C15H24N2O2. The van der Waals surface area contributed by atoms with Crippen LogP contribution >= 0.6 is 0 Å². The van der Waals surface area contributed by atoms with Crippen LogP contribution in [0.4, 0.5) is 5.69 Å². The van der Waals surface area contributed by atoms with Gasteiger partial charge in [-0.3, -0.25) is 4.79 Å². The second kappa shape index (κ2) is 6.57. The maximum absolute atomic E-state index is 12.0. The van der Waals surface area contributed by atoms with E-state index in [2.05, 4.69) is 5.32 Å². The summed E-state index contributed by atoms with van der Waals surface area (Å²) in [5.41, 5.74) is 0.856. The largest absolute Gasteiger partial charge is 0.388 e. The molecule has 4 nitrogen and oxygen atoms in total. The third-order valence-electron chi connectivity index (χ3n) is 3.54. The molecule has 0 aromatic heterocycles. The molecule has 4 heteroatoms. The first-order chi connectivity index (χ1) is 8.91. The molecule has 0 radical (unpaired) electrons. The number of benzene rings is 1. The minimum Gasteiger partial charge on any atom is -0.388 e. The van der Waals surface area contributed by atoms with Crippen LogP contribution < -0.4 is 10.2 Å². The van der Waals surface area contributed by atoms with Gasteiger partial charge in [-0.05, 0) is 37.1 Å². The van der Waals surface area contributed by atoms with Gasteiger partial charge in [-0.2, -0.15) is 0 Å². The zero-order valence-corrected chi connectivity index (χ0v) is 12.2. The van der Waals surface area contributed by atoms with Gasteiger partial charge in [0.1, 0.15) is 0 Å². The summed E-state index contributed by atoms with van der Waals surface area (Å²) in [6.45, 7) is 4.12. The van der Waals surface area contributed by atoms with Crippen molar-refractivity contribution in [1.82, 2.24) is 5.32 Å². The number of nitrogens with zero attached hydrogens (tertiary/aromatic N) is 1. The fourth-order valence-corrected chi connectivity index (χ4v) is 1.76. The molecule has 106 valence electrons. The van der Waals surface area contributed by atoms with Crippen molar-refractivity contribution in [3.8, 4) is 0 Å². The maximum Gasteiger partial charge on any atom is 0.251 e. The van der Waals surface area contributed by atoms with E-state index in [1.807, 2.05) is 45.0 Å². The molecule has 0 fully saturated rings. The predicted molar refractivity (Wildman–Crippen MR) is 78.6 cm³/mol. The van der Waals surface area contributed by atoms with Crippen molar-refractivity contribution in [2.24, 2.45) is 0 Å². The van der Waals surface area contributed by atoms with Crippen LogP contribution in [0, 0.1) is 0 Å². The standard InChI is InChI=1S/C15H24N2O2/c1-5-15(19,6-2)11-16-14(18)12-7-9-13(10-8-12)17(3)4/h7-10,19H,5-6,11H2,1-4H3,(H,16,18). The minimum atomic E-state index is -0.806. The Kier molecular flexibility index (Phi) is 5.36. The van der Waals surface area contributed by atoms with Crippen LogP contribution in [0.25, 0.3) is 0 Å². The smallest absolute Gasteiger partial charge is 0.251 e. The summed E-state index contributed by atoms with van der Waals surface area (Å²) in [6, 6.07) is 7.39. The first-order valence-electron chi connectivity index (χ1n) is 6.70. The van der Waals surface area contributed by atoms with Gasteiger partial charge in [0, 0.05) is 31.9 Å². The number of anilines is 1. The van der Waals surface area contributed by atoms with Crippen molar-refractivity contribution >= 4 is 11.6 Å². The highest BCUT2D eigenvalue weighted by molar-refractivity contribution is 5.94. The Labute approximate surface area is 115 Å². The topological polar surface area (TPSA) is 52.6 Å². The second-order valence-corrected chi connectivity index (χ2v) is 5.06. The molecule has 0 saturated heterocycles. The molecule has 19 heavy (non-hydrogen) atoms. The van der Waals surface area contributed by atoms with E-state index in [-0.39, 0.29) is 12.5 Å². The molecular weight excluding hydrogens is 240 g/mol. The van der Waals surface area contributed by atoms with Gasteiger partial charge in [0.15, 0.2) is 0 Å². The molecule has 1 aromatic rings. The summed E-state index contributed by atoms with van der Waals surface area (Å²) in [5.74, 6) is -0.148. The highest BCUT2D eigenvalue weighted by atomic mass is 16.3. The lowest BCUT2D eigenvalue weighted by Gasteiger charge is -2.25. The van der Waals surface area contributed by atoms with Gasteiger partial charge < -0.3 is 15.3 Å². The number of carbonyl (C=O) groups excluding carboxylic acids is 1. The third-order valence-corrected chi connectivity index (χ3v) is 3.54. The number of nitrogens with one attached hydrogen (secondary N) is 1. The summed E-state index contributed by atoms with van der Waals surface area (Å²) >= 11 is 0. The van der Waals surface area contributed by atoms with Gasteiger partial charge in [0.05, 0.1) is 5.60 Å². The molecule has 0 aliphatic heterocycles. The van der Waals surface area contributed by atoms with E-state index in [0.29, 0.717) is 18.4 Å².